The van der Waals surface area contributed by atoms with Gasteiger partial charge in [0.15, 0.2) is 0 Å². The molecule has 4 heteroatoms. The van der Waals surface area contributed by atoms with E-state index in [1.54, 1.807) is 6.20 Å². The van der Waals surface area contributed by atoms with Gasteiger partial charge in [0, 0.05) is 17.3 Å². The SMILES string of the molecule is CCOc1ccccc1C(NC)c1c(C)ccnc1N. The van der Waals surface area contributed by atoms with Gasteiger partial charge in [-0.3, -0.25) is 0 Å². The summed E-state index contributed by atoms with van der Waals surface area (Å²) in [5, 5.41) is 3.32. The minimum atomic E-state index is -0.0357. The zero-order valence-electron chi connectivity index (χ0n) is 12.2. The molecule has 2 rings (SSSR count). The first-order chi connectivity index (χ1) is 9.69. The quantitative estimate of drug-likeness (QED) is 0.877. The van der Waals surface area contributed by atoms with Crippen LogP contribution in [0.2, 0.25) is 0 Å². The molecule has 1 aromatic carbocycles. The number of nitrogens with one attached hydrogen (secondary N) is 1. The molecule has 106 valence electrons. The molecule has 2 aromatic rings. The van der Waals surface area contributed by atoms with Crippen LogP contribution in [0.5, 0.6) is 5.75 Å². The number of para-hydroxylation sites is 1. The number of hydrogen-bond acceptors (Lipinski definition) is 4. The van der Waals surface area contributed by atoms with Crippen LogP contribution >= 0.6 is 0 Å². The minimum absolute atomic E-state index is 0.0357. The highest BCUT2D eigenvalue weighted by Gasteiger charge is 2.20. The maximum atomic E-state index is 6.07. The van der Waals surface area contributed by atoms with Crippen molar-refractivity contribution < 1.29 is 4.74 Å². The summed E-state index contributed by atoms with van der Waals surface area (Å²) in [6.45, 7) is 4.66. The second-order valence-corrected chi connectivity index (χ2v) is 4.62. The fraction of sp³-hybridized carbons (Fsp3) is 0.312. The lowest BCUT2D eigenvalue weighted by atomic mass is 9.95. The van der Waals surface area contributed by atoms with Crippen LogP contribution in [0.4, 0.5) is 5.82 Å². The standard InChI is InChI=1S/C16H21N3O/c1-4-20-13-8-6-5-7-12(13)15(18-3)14-11(2)9-10-19-16(14)17/h5-10,15,18H,4H2,1-3H3,(H2,17,19). The van der Waals surface area contributed by atoms with Crippen molar-refractivity contribution in [2.75, 3.05) is 19.4 Å². The number of aryl methyl sites for hydroxylation is 1. The highest BCUT2D eigenvalue weighted by Crippen LogP contribution is 2.33. The van der Waals surface area contributed by atoms with Crippen molar-refractivity contribution in [1.29, 1.82) is 0 Å². The van der Waals surface area contributed by atoms with Crippen LogP contribution < -0.4 is 15.8 Å². The van der Waals surface area contributed by atoms with Gasteiger partial charge in [-0.25, -0.2) is 4.98 Å². The van der Waals surface area contributed by atoms with Crippen LogP contribution in [0, 0.1) is 6.92 Å². The third-order valence-electron chi connectivity index (χ3n) is 3.35. The Balaban J connectivity index is 2.53. The molecule has 0 saturated heterocycles. The van der Waals surface area contributed by atoms with Gasteiger partial charge in [-0.15, -0.1) is 0 Å². The minimum Gasteiger partial charge on any atom is -0.494 e. The number of ether oxygens (including phenoxy) is 1. The molecule has 0 fully saturated rings. The Morgan fingerprint density at radius 1 is 1.30 bits per heavy atom. The van der Waals surface area contributed by atoms with Crippen molar-refractivity contribution in [2.45, 2.75) is 19.9 Å². The predicted molar refractivity (Wildman–Crippen MR) is 81.9 cm³/mol. The molecular weight excluding hydrogens is 250 g/mol. The number of rotatable bonds is 5. The zero-order valence-corrected chi connectivity index (χ0v) is 12.2. The van der Waals surface area contributed by atoms with Gasteiger partial charge in [-0.1, -0.05) is 18.2 Å². The molecule has 0 amide bonds. The molecule has 0 aliphatic rings. The first-order valence-electron chi connectivity index (χ1n) is 6.79. The molecule has 0 spiro atoms. The normalized spacial score (nSPS) is 12.2. The molecular formula is C16H21N3O. The van der Waals surface area contributed by atoms with Gasteiger partial charge < -0.3 is 15.8 Å². The molecule has 0 bridgehead atoms. The number of pyridine rings is 1. The summed E-state index contributed by atoms with van der Waals surface area (Å²) in [5.74, 6) is 1.42. The van der Waals surface area contributed by atoms with Crippen molar-refractivity contribution in [3.63, 3.8) is 0 Å². The molecule has 0 radical (unpaired) electrons. The second kappa shape index (κ2) is 6.39. The number of aromatic nitrogens is 1. The highest BCUT2D eigenvalue weighted by molar-refractivity contribution is 5.52. The Morgan fingerprint density at radius 2 is 2.05 bits per heavy atom. The lowest BCUT2D eigenvalue weighted by Crippen LogP contribution is -2.21. The molecule has 0 saturated carbocycles. The second-order valence-electron chi connectivity index (χ2n) is 4.62. The Labute approximate surface area is 120 Å². The van der Waals surface area contributed by atoms with Crippen LogP contribution in [0.15, 0.2) is 36.5 Å². The number of benzene rings is 1. The number of nitrogens with two attached hydrogens (primary N) is 1. The van der Waals surface area contributed by atoms with Gasteiger partial charge >= 0.3 is 0 Å². The third kappa shape index (κ3) is 2.75. The molecule has 1 heterocycles. The van der Waals surface area contributed by atoms with Gasteiger partial charge in [0.2, 0.25) is 0 Å². The van der Waals surface area contributed by atoms with Crippen LogP contribution in [-0.4, -0.2) is 18.6 Å². The largest absolute Gasteiger partial charge is 0.494 e. The lowest BCUT2D eigenvalue weighted by Gasteiger charge is -2.22. The van der Waals surface area contributed by atoms with Crippen molar-refractivity contribution in [1.82, 2.24) is 10.3 Å². The van der Waals surface area contributed by atoms with Gasteiger partial charge in [0.05, 0.1) is 12.6 Å². The molecule has 1 atom stereocenters. The van der Waals surface area contributed by atoms with Gasteiger partial charge in [-0.05, 0) is 38.6 Å². The Bertz CT molecular complexity index is 563. The fourth-order valence-corrected chi connectivity index (χ4v) is 2.43. The molecule has 0 aliphatic carbocycles. The zero-order chi connectivity index (χ0) is 14.5. The van der Waals surface area contributed by atoms with E-state index in [2.05, 4.69) is 16.4 Å². The molecule has 20 heavy (non-hydrogen) atoms. The van der Waals surface area contributed by atoms with E-state index in [9.17, 15) is 0 Å². The highest BCUT2D eigenvalue weighted by atomic mass is 16.5. The summed E-state index contributed by atoms with van der Waals surface area (Å²) in [6, 6.07) is 9.94. The van der Waals surface area contributed by atoms with Gasteiger partial charge in [0.25, 0.3) is 0 Å². The Kier molecular flexibility index (Phi) is 4.58. The molecule has 1 unspecified atom stereocenters. The number of hydrogen-bond donors (Lipinski definition) is 2. The predicted octanol–water partition coefficient (Wildman–Crippen LogP) is 2.68. The smallest absolute Gasteiger partial charge is 0.128 e. The monoisotopic (exact) mass is 271 g/mol. The van der Waals surface area contributed by atoms with E-state index in [1.165, 1.54) is 0 Å². The maximum Gasteiger partial charge on any atom is 0.128 e. The summed E-state index contributed by atoms with van der Waals surface area (Å²) in [4.78, 5) is 4.21. The number of nitrogen functional groups attached to an aromatic ring is 1. The van der Waals surface area contributed by atoms with E-state index in [0.717, 1.165) is 22.4 Å². The number of anilines is 1. The third-order valence-corrected chi connectivity index (χ3v) is 3.35. The molecule has 1 aromatic heterocycles. The average molecular weight is 271 g/mol. The molecule has 0 aliphatic heterocycles. The topological polar surface area (TPSA) is 60.2 Å². The lowest BCUT2D eigenvalue weighted by molar-refractivity contribution is 0.334. The van der Waals surface area contributed by atoms with Gasteiger partial charge in [-0.2, -0.15) is 0 Å². The maximum absolute atomic E-state index is 6.07. The van der Waals surface area contributed by atoms with E-state index < -0.39 is 0 Å². The van der Waals surface area contributed by atoms with E-state index in [1.807, 2.05) is 45.2 Å². The van der Waals surface area contributed by atoms with E-state index in [0.29, 0.717) is 12.4 Å². The first kappa shape index (κ1) is 14.3. The van der Waals surface area contributed by atoms with E-state index >= 15 is 0 Å². The summed E-state index contributed by atoms with van der Waals surface area (Å²) >= 11 is 0. The summed E-state index contributed by atoms with van der Waals surface area (Å²) in [5.41, 5.74) is 9.25. The van der Waals surface area contributed by atoms with Crippen molar-refractivity contribution in [3.8, 4) is 5.75 Å². The van der Waals surface area contributed by atoms with Crippen molar-refractivity contribution in [2.24, 2.45) is 0 Å². The van der Waals surface area contributed by atoms with Crippen LogP contribution in [0.3, 0.4) is 0 Å². The van der Waals surface area contributed by atoms with Crippen LogP contribution in [0.1, 0.15) is 29.7 Å². The summed E-state index contributed by atoms with van der Waals surface area (Å²) in [6.07, 6.45) is 1.73. The fourth-order valence-electron chi connectivity index (χ4n) is 2.43. The van der Waals surface area contributed by atoms with Crippen LogP contribution in [0.25, 0.3) is 0 Å². The van der Waals surface area contributed by atoms with Gasteiger partial charge in [0.1, 0.15) is 11.6 Å². The van der Waals surface area contributed by atoms with E-state index in [4.69, 9.17) is 10.5 Å². The molecule has 3 N–H and O–H groups in total. The summed E-state index contributed by atoms with van der Waals surface area (Å²) < 4.78 is 5.72. The summed E-state index contributed by atoms with van der Waals surface area (Å²) in [7, 11) is 1.92. The van der Waals surface area contributed by atoms with Crippen molar-refractivity contribution in [3.05, 3.63) is 53.2 Å². The first-order valence-corrected chi connectivity index (χ1v) is 6.79. The van der Waals surface area contributed by atoms with E-state index in [-0.39, 0.29) is 6.04 Å². The Hall–Kier alpha value is -2.07. The number of nitrogens with zero attached hydrogens (tertiary/aromatic N) is 1. The van der Waals surface area contributed by atoms with Crippen molar-refractivity contribution >= 4 is 5.82 Å². The average Bonchev–Trinajstić information content (AvgIpc) is 2.44. The molecule has 4 nitrogen and oxygen atoms in total. The van der Waals surface area contributed by atoms with Crippen LogP contribution in [-0.2, 0) is 0 Å². The Morgan fingerprint density at radius 3 is 2.70 bits per heavy atom.